The first-order valence-corrected chi connectivity index (χ1v) is 7.65. The molecule has 1 atom stereocenters. The van der Waals surface area contributed by atoms with E-state index in [9.17, 15) is 9.90 Å². The maximum Gasteiger partial charge on any atom is 0.340 e. The molecule has 0 saturated heterocycles. The predicted molar refractivity (Wildman–Crippen MR) is 90.5 cm³/mol. The molecule has 0 fully saturated rings. The topological polar surface area (TPSA) is 83.6 Å². The summed E-state index contributed by atoms with van der Waals surface area (Å²) in [6, 6.07) is 10.0. The molecule has 7 nitrogen and oxygen atoms in total. The number of carboxylic acids is 1. The Balaban J connectivity index is 2.17. The first-order chi connectivity index (χ1) is 11.4. The minimum Gasteiger partial charge on any atom is -0.478 e. The Morgan fingerprint density at radius 3 is 2.50 bits per heavy atom. The third-order valence-corrected chi connectivity index (χ3v) is 4.34. The highest BCUT2D eigenvalue weighted by Gasteiger charge is 2.24. The van der Waals surface area contributed by atoms with Gasteiger partial charge in [-0.2, -0.15) is 4.52 Å². The van der Waals surface area contributed by atoms with Crippen molar-refractivity contribution in [2.45, 2.75) is 26.8 Å². The van der Waals surface area contributed by atoms with Crippen molar-refractivity contribution in [1.82, 2.24) is 19.8 Å². The smallest absolute Gasteiger partial charge is 0.340 e. The van der Waals surface area contributed by atoms with Crippen LogP contribution >= 0.6 is 0 Å². The fourth-order valence-electron chi connectivity index (χ4n) is 2.81. The van der Waals surface area contributed by atoms with E-state index in [0.29, 0.717) is 17.2 Å². The molecule has 1 unspecified atom stereocenters. The lowest BCUT2D eigenvalue weighted by Crippen LogP contribution is -2.25. The van der Waals surface area contributed by atoms with Crippen molar-refractivity contribution in [3.8, 4) is 0 Å². The molecule has 0 radical (unpaired) electrons. The highest BCUT2D eigenvalue weighted by Crippen LogP contribution is 2.29. The van der Waals surface area contributed by atoms with Crippen molar-refractivity contribution < 1.29 is 9.90 Å². The Kier molecular flexibility index (Phi) is 3.92. The zero-order valence-corrected chi connectivity index (χ0v) is 14.1. The van der Waals surface area contributed by atoms with Gasteiger partial charge in [0.15, 0.2) is 17.3 Å². The number of aromatic carboxylic acids is 1. The van der Waals surface area contributed by atoms with Gasteiger partial charge >= 0.3 is 5.97 Å². The van der Waals surface area contributed by atoms with Gasteiger partial charge in [-0.3, -0.25) is 0 Å². The second-order valence-electron chi connectivity index (χ2n) is 5.81. The molecule has 0 aliphatic carbocycles. The Labute approximate surface area is 139 Å². The van der Waals surface area contributed by atoms with Crippen LogP contribution in [0.2, 0.25) is 0 Å². The summed E-state index contributed by atoms with van der Waals surface area (Å²) in [6.07, 6.45) is 0. The van der Waals surface area contributed by atoms with Crippen molar-refractivity contribution in [2.24, 2.45) is 0 Å². The number of benzene rings is 1. The Morgan fingerprint density at radius 1 is 1.21 bits per heavy atom. The van der Waals surface area contributed by atoms with E-state index >= 15 is 0 Å². The summed E-state index contributed by atoms with van der Waals surface area (Å²) in [6.45, 7) is 5.56. The number of anilines is 1. The van der Waals surface area contributed by atoms with E-state index < -0.39 is 5.97 Å². The molecular weight excluding hydrogens is 306 g/mol. The fraction of sp³-hybridized carbons (Fsp3) is 0.294. The second-order valence-corrected chi connectivity index (χ2v) is 5.81. The van der Waals surface area contributed by atoms with E-state index in [-0.39, 0.29) is 17.3 Å². The average molecular weight is 325 g/mol. The Morgan fingerprint density at radius 2 is 1.88 bits per heavy atom. The van der Waals surface area contributed by atoms with E-state index in [0.717, 1.165) is 5.56 Å². The van der Waals surface area contributed by atoms with Crippen LogP contribution in [0.1, 0.15) is 40.3 Å². The first kappa shape index (κ1) is 15.9. The van der Waals surface area contributed by atoms with E-state index in [1.54, 1.807) is 13.8 Å². The highest BCUT2D eigenvalue weighted by atomic mass is 16.4. The number of nitrogens with zero attached hydrogens (tertiary/aromatic N) is 5. The molecule has 0 saturated carbocycles. The van der Waals surface area contributed by atoms with Gasteiger partial charge in [-0.1, -0.05) is 30.3 Å². The standard InChI is InChI=1S/C17H19N5O2/c1-10-14(17(23)24)16-19-18-12(3)22(16)20-15(10)21(4)11(2)13-8-6-5-7-9-13/h5-9,11H,1-4H3,(H,23,24). The van der Waals surface area contributed by atoms with Crippen molar-refractivity contribution >= 4 is 17.4 Å². The molecule has 0 aliphatic rings. The number of hydrogen-bond acceptors (Lipinski definition) is 5. The average Bonchev–Trinajstić information content (AvgIpc) is 2.94. The number of hydrogen-bond donors (Lipinski definition) is 1. The summed E-state index contributed by atoms with van der Waals surface area (Å²) in [5.41, 5.74) is 2.10. The molecule has 2 aromatic heterocycles. The van der Waals surface area contributed by atoms with Gasteiger partial charge < -0.3 is 10.0 Å². The van der Waals surface area contributed by atoms with Crippen LogP contribution in [-0.4, -0.2) is 37.9 Å². The van der Waals surface area contributed by atoms with Gasteiger partial charge in [0.2, 0.25) is 0 Å². The van der Waals surface area contributed by atoms with Crippen molar-refractivity contribution in [3.63, 3.8) is 0 Å². The second kappa shape index (κ2) is 5.92. The summed E-state index contributed by atoms with van der Waals surface area (Å²) in [4.78, 5) is 13.7. The molecule has 2 heterocycles. The molecule has 124 valence electrons. The van der Waals surface area contributed by atoms with E-state index in [4.69, 9.17) is 0 Å². The van der Waals surface area contributed by atoms with Gasteiger partial charge in [0.25, 0.3) is 0 Å². The number of fused-ring (bicyclic) bond motifs is 1. The lowest BCUT2D eigenvalue weighted by atomic mass is 10.1. The third-order valence-electron chi connectivity index (χ3n) is 4.34. The van der Waals surface area contributed by atoms with Crippen LogP contribution in [-0.2, 0) is 0 Å². The summed E-state index contributed by atoms with van der Waals surface area (Å²) in [5, 5.41) is 22.1. The number of carbonyl (C=O) groups is 1. The zero-order chi connectivity index (χ0) is 17.4. The Bertz CT molecular complexity index is 904. The van der Waals surface area contributed by atoms with Crippen molar-refractivity contribution in [2.75, 3.05) is 11.9 Å². The summed E-state index contributed by atoms with van der Waals surface area (Å²) in [5.74, 6) is 0.114. The molecule has 3 rings (SSSR count). The summed E-state index contributed by atoms with van der Waals surface area (Å²) in [7, 11) is 1.91. The molecule has 1 aromatic carbocycles. The molecule has 0 amide bonds. The van der Waals surface area contributed by atoms with E-state index in [1.807, 2.05) is 42.3 Å². The van der Waals surface area contributed by atoms with Crippen LogP contribution in [0.15, 0.2) is 30.3 Å². The quantitative estimate of drug-likeness (QED) is 0.794. The largest absolute Gasteiger partial charge is 0.478 e. The molecule has 0 bridgehead atoms. The lowest BCUT2D eigenvalue weighted by molar-refractivity contribution is 0.0697. The SMILES string of the molecule is Cc1c(N(C)C(C)c2ccccc2)nn2c(C)nnc2c1C(=O)O. The molecule has 0 spiro atoms. The van der Waals surface area contributed by atoms with E-state index in [2.05, 4.69) is 22.2 Å². The predicted octanol–water partition coefficient (Wildman–Crippen LogP) is 2.64. The monoisotopic (exact) mass is 325 g/mol. The van der Waals surface area contributed by atoms with Gasteiger partial charge in [0, 0.05) is 12.6 Å². The number of rotatable bonds is 4. The van der Waals surface area contributed by atoms with Gasteiger partial charge in [-0.15, -0.1) is 15.3 Å². The maximum absolute atomic E-state index is 11.7. The van der Waals surface area contributed by atoms with Crippen LogP contribution in [0.3, 0.4) is 0 Å². The van der Waals surface area contributed by atoms with Gasteiger partial charge in [-0.05, 0) is 26.3 Å². The minimum absolute atomic E-state index is 0.0354. The molecule has 0 aliphatic heterocycles. The third kappa shape index (κ3) is 2.47. The summed E-state index contributed by atoms with van der Waals surface area (Å²) >= 11 is 0. The van der Waals surface area contributed by atoms with Crippen LogP contribution in [0.5, 0.6) is 0 Å². The Hall–Kier alpha value is -2.96. The molecule has 1 N–H and O–H groups in total. The number of carboxylic acid groups (broad SMARTS) is 1. The minimum atomic E-state index is -1.03. The highest BCUT2D eigenvalue weighted by molar-refractivity contribution is 5.97. The van der Waals surface area contributed by atoms with Crippen LogP contribution < -0.4 is 4.90 Å². The van der Waals surface area contributed by atoms with Crippen molar-refractivity contribution in [3.05, 3.63) is 52.8 Å². The fourth-order valence-corrected chi connectivity index (χ4v) is 2.81. The molecular formula is C17H19N5O2. The lowest BCUT2D eigenvalue weighted by Gasteiger charge is -2.28. The number of aromatic nitrogens is 4. The van der Waals surface area contributed by atoms with Gasteiger partial charge in [0.05, 0.1) is 6.04 Å². The summed E-state index contributed by atoms with van der Waals surface area (Å²) < 4.78 is 1.49. The zero-order valence-electron chi connectivity index (χ0n) is 14.1. The first-order valence-electron chi connectivity index (χ1n) is 7.65. The molecule has 24 heavy (non-hydrogen) atoms. The van der Waals surface area contributed by atoms with Crippen LogP contribution in [0.4, 0.5) is 5.82 Å². The van der Waals surface area contributed by atoms with Gasteiger partial charge in [-0.25, -0.2) is 4.79 Å². The van der Waals surface area contributed by atoms with E-state index in [1.165, 1.54) is 4.52 Å². The van der Waals surface area contributed by atoms with Crippen LogP contribution in [0, 0.1) is 13.8 Å². The van der Waals surface area contributed by atoms with Gasteiger partial charge in [0.1, 0.15) is 5.56 Å². The van der Waals surface area contributed by atoms with Crippen molar-refractivity contribution in [1.29, 1.82) is 0 Å². The number of aryl methyl sites for hydroxylation is 1. The van der Waals surface area contributed by atoms with Crippen LogP contribution in [0.25, 0.3) is 5.65 Å². The normalized spacial score (nSPS) is 12.3. The molecule has 7 heteroatoms. The maximum atomic E-state index is 11.7. The molecule has 3 aromatic rings.